The number of fused-ring (bicyclic) bond motifs is 1. The van der Waals surface area contributed by atoms with Crippen molar-refractivity contribution in [1.82, 2.24) is 10.3 Å². The van der Waals surface area contributed by atoms with Crippen molar-refractivity contribution >= 4 is 16.8 Å². The van der Waals surface area contributed by atoms with E-state index in [9.17, 15) is 9.90 Å². The third kappa shape index (κ3) is 4.02. The maximum absolute atomic E-state index is 12.4. The predicted molar refractivity (Wildman–Crippen MR) is 84.3 cm³/mol. The van der Waals surface area contributed by atoms with E-state index < -0.39 is 6.10 Å². The van der Waals surface area contributed by atoms with Gasteiger partial charge in [-0.1, -0.05) is 32.0 Å². The molecule has 1 amide bonds. The molecule has 1 heterocycles. The Morgan fingerprint density at radius 2 is 2.05 bits per heavy atom. The van der Waals surface area contributed by atoms with E-state index in [1.54, 1.807) is 6.07 Å². The molecule has 0 aliphatic rings. The van der Waals surface area contributed by atoms with Crippen molar-refractivity contribution in [2.45, 2.75) is 33.3 Å². The summed E-state index contributed by atoms with van der Waals surface area (Å²) < 4.78 is 0. The molecular formula is C17H22N2O2. The predicted octanol–water partition coefficient (Wildman–Crippen LogP) is 2.68. The SMILES string of the molecule is Cc1cc(C(=O)NCC(O)CC(C)C)c2ccccc2n1. The van der Waals surface area contributed by atoms with Crippen LogP contribution in [-0.2, 0) is 0 Å². The van der Waals surface area contributed by atoms with Crippen LogP contribution in [0.15, 0.2) is 30.3 Å². The number of hydrogen-bond acceptors (Lipinski definition) is 3. The molecule has 0 saturated carbocycles. The lowest BCUT2D eigenvalue weighted by Gasteiger charge is -2.14. The average molecular weight is 286 g/mol. The van der Waals surface area contributed by atoms with Crippen LogP contribution in [0.4, 0.5) is 0 Å². The lowest BCUT2D eigenvalue weighted by molar-refractivity contribution is 0.0901. The molecule has 1 atom stereocenters. The minimum atomic E-state index is -0.511. The maximum atomic E-state index is 12.4. The van der Waals surface area contributed by atoms with Crippen LogP contribution in [0.3, 0.4) is 0 Å². The highest BCUT2D eigenvalue weighted by Crippen LogP contribution is 2.18. The second-order valence-corrected chi connectivity index (χ2v) is 5.82. The molecule has 0 radical (unpaired) electrons. The zero-order valence-corrected chi connectivity index (χ0v) is 12.8. The lowest BCUT2D eigenvalue weighted by Crippen LogP contribution is -2.33. The number of nitrogens with zero attached hydrogens (tertiary/aromatic N) is 1. The number of aliphatic hydroxyl groups excluding tert-OH is 1. The summed E-state index contributed by atoms with van der Waals surface area (Å²) in [6, 6.07) is 9.37. The molecule has 1 aromatic carbocycles. The molecule has 4 heteroatoms. The number of rotatable bonds is 5. The highest BCUT2D eigenvalue weighted by molar-refractivity contribution is 6.06. The van der Waals surface area contributed by atoms with Gasteiger partial charge in [0.15, 0.2) is 0 Å². The quantitative estimate of drug-likeness (QED) is 0.888. The van der Waals surface area contributed by atoms with Crippen molar-refractivity contribution in [1.29, 1.82) is 0 Å². The molecule has 0 aliphatic carbocycles. The number of pyridine rings is 1. The molecule has 2 aromatic rings. The largest absolute Gasteiger partial charge is 0.391 e. The Kier molecular flexibility index (Phi) is 4.91. The smallest absolute Gasteiger partial charge is 0.252 e. The number of nitrogens with one attached hydrogen (secondary N) is 1. The number of amides is 1. The summed E-state index contributed by atoms with van der Waals surface area (Å²) in [5, 5.41) is 13.5. The maximum Gasteiger partial charge on any atom is 0.252 e. The summed E-state index contributed by atoms with van der Waals surface area (Å²) in [4.78, 5) is 16.8. The number of aryl methyl sites for hydroxylation is 1. The molecule has 112 valence electrons. The summed E-state index contributed by atoms with van der Waals surface area (Å²) in [6.45, 7) is 6.24. The molecule has 0 spiro atoms. The zero-order valence-electron chi connectivity index (χ0n) is 12.8. The molecular weight excluding hydrogens is 264 g/mol. The molecule has 0 bridgehead atoms. The van der Waals surface area contributed by atoms with E-state index in [1.165, 1.54) is 0 Å². The second-order valence-electron chi connectivity index (χ2n) is 5.82. The van der Waals surface area contributed by atoms with Gasteiger partial charge in [0.25, 0.3) is 5.91 Å². The zero-order chi connectivity index (χ0) is 15.4. The molecule has 4 nitrogen and oxygen atoms in total. The topological polar surface area (TPSA) is 62.2 Å². The van der Waals surface area contributed by atoms with Crippen LogP contribution in [-0.4, -0.2) is 28.6 Å². The highest BCUT2D eigenvalue weighted by atomic mass is 16.3. The molecule has 0 saturated heterocycles. The number of para-hydroxylation sites is 1. The van der Waals surface area contributed by atoms with Gasteiger partial charge in [-0.05, 0) is 31.4 Å². The van der Waals surface area contributed by atoms with Gasteiger partial charge in [-0.25, -0.2) is 0 Å². The normalized spacial score (nSPS) is 12.6. The minimum absolute atomic E-state index is 0.167. The van der Waals surface area contributed by atoms with Crippen LogP contribution < -0.4 is 5.32 Å². The number of carbonyl (C=O) groups is 1. The van der Waals surface area contributed by atoms with Crippen LogP contribution in [0.1, 0.15) is 36.3 Å². The monoisotopic (exact) mass is 286 g/mol. The van der Waals surface area contributed by atoms with Gasteiger partial charge in [0.1, 0.15) is 0 Å². The number of benzene rings is 1. The molecule has 1 unspecified atom stereocenters. The van der Waals surface area contributed by atoms with Gasteiger partial charge in [0.05, 0.1) is 17.2 Å². The van der Waals surface area contributed by atoms with E-state index in [2.05, 4.69) is 10.3 Å². The van der Waals surface area contributed by atoms with Crippen LogP contribution >= 0.6 is 0 Å². The lowest BCUT2D eigenvalue weighted by atomic mass is 10.1. The third-order valence-electron chi connectivity index (χ3n) is 3.33. The van der Waals surface area contributed by atoms with E-state index in [0.717, 1.165) is 16.6 Å². The fourth-order valence-corrected chi connectivity index (χ4v) is 2.43. The van der Waals surface area contributed by atoms with Crippen molar-refractivity contribution < 1.29 is 9.90 Å². The highest BCUT2D eigenvalue weighted by Gasteiger charge is 2.13. The average Bonchev–Trinajstić information content (AvgIpc) is 2.43. The van der Waals surface area contributed by atoms with Crippen molar-refractivity contribution in [3.63, 3.8) is 0 Å². The third-order valence-corrected chi connectivity index (χ3v) is 3.33. The Morgan fingerprint density at radius 3 is 2.76 bits per heavy atom. The van der Waals surface area contributed by atoms with Gasteiger partial charge in [-0.15, -0.1) is 0 Å². The van der Waals surface area contributed by atoms with Crippen LogP contribution in [0.2, 0.25) is 0 Å². The van der Waals surface area contributed by atoms with Gasteiger partial charge < -0.3 is 10.4 Å². The first-order valence-electron chi connectivity index (χ1n) is 7.30. The first-order valence-corrected chi connectivity index (χ1v) is 7.30. The van der Waals surface area contributed by atoms with E-state index >= 15 is 0 Å². The van der Waals surface area contributed by atoms with Crippen LogP contribution in [0.5, 0.6) is 0 Å². The second kappa shape index (κ2) is 6.68. The van der Waals surface area contributed by atoms with Crippen molar-refractivity contribution in [3.8, 4) is 0 Å². The Balaban J connectivity index is 2.16. The molecule has 1 aromatic heterocycles. The summed E-state index contributed by atoms with van der Waals surface area (Å²) >= 11 is 0. The van der Waals surface area contributed by atoms with E-state index in [1.807, 2.05) is 45.0 Å². The van der Waals surface area contributed by atoms with E-state index in [0.29, 0.717) is 17.9 Å². The summed E-state index contributed by atoms with van der Waals surface area (Å²) in [6.07, 6.45) is 0.166. The van der Waals surface area contributed by atoms with Crippen LogP contribution in [0.25, 0.3) is 10.9 Å². The Morgan fingerprint density at radius 1 is 1.33 bits per heavy atom. The fraction of sp³-hybridized carbons (Fsp3) is 0.412. The summed E-state index contributed by atoms with van der Waals surface area (Å²) in [7, 11) is 0. The minimum Gasteiger partial charge on any atom is -0.391 e. The van der Waals surface area contributed by atoms with E-state index in [4.69, 9.17) is 0 Å². The molecule has 2 N–H and O–H groups in total. The number of carbonyl (C=O) groups excluding carboxylic acids is 1. The Bertz CT molecular complexity index is 638. The molecule has 2 rings (SSSR count). The fourth-order valence-electron chi connectivity index (χ4n) is 2.43. The standard InChI is InChI=1S/C17H22N2O2/c1-11(2)8-13(20)10-18-17(21)15-9-12(3)19-16-7-5-4-6-14(15)16/h4-7,9,11,13,20H,8,10H2,1-3H3,(H,18,21). The van der Waals surface area contributed by atoms with E-state index in [-0.39, 0.29) is 12.5 Å². The molecule has 21 heavy (non-hydrogen) atoms. The first-order chi connectivity index (χ1) is 9.97. The first kappa shape index (κ1) is 15.4. The summed E-state index contributed by atoms with van der Waals surface area (Å²) in [5.41, 5.74) is 2.22. The summed E-state index contributed by atoms with van der Waals surface area (Å²) in [5.74, 6) is 0.236. The van der Waals surface area contributed by atoms with Gasteiger partial charge >= 0.3 is 0 Å². The van der Waals surface area contributed by atoms with Crippen LogP contribution in [0, 0.1) is 12.8 Å². The van der Waals surface area contributed by atoms with Gasteiger partial charge in [-0.2, -0.15) is 0 Å². The number of hydrogen-bond donors (Lipinski definition) is 2. The van der Waals surface area contributed by atoms with Crippen molar-refractivity contribution in [2.75, 3.05) is 6.54 Å². The number of aliphatic hydroxyl groups is 1. The Labute approximate surface area is 125 Å². The van der Waals surface area contributed by atoms with Gasteiger partial charge in [0.2, 0.25) is 0 Å². The Hall–Kier alpha value is -1.94. The van der Waals surface area contributed by atoms with Gasteiger partial charge in [0, 0.05) is 17.6 Å². The molecule has 0 aliphatic heterocycles. The van der Waals surface area contributed by atoms with Crippen molar-refractivity contribution in [3.05, 3.63) is 41.6 Å². The van der Waals surface area contributed by atoms with Gasteiger partial charge in [-0.3, -0.25) is 9.78 Å². The number of aromatic nitrogens is 1. The van der Waals surface area contributed by atoms with Crippen molar-refractivity contribution in [2.24, 2.45) is 5.92 Å². The molecule has 0 fully saturated rings.